The molecule has 1 aromatic rings. The minimum atomic E-state index is -0.126. The number of carbonyl (C=O) groups is 1. The van der Waals surface area contributed by atoms with Crippen LogP contribution in [-0.2, 0) is 4.79 Å². The van der Waals surface area contributed by atoms with Gasteiger partial charge in [0, 0.05) is 20.5 Å². The lowest BCUT2D eigenvalue weighted by Crippen LogP contribution is -1.87. The van der Waals surface area contributed by atoms with E-state index in [9.17, 15) is 4.79 Å². The van der Waals surface area contributed by atoms with Crippen LogP contribution in [0, 0.1) is 0 Å². The van der Waals surface area contributed by atoms with Crippen LogP contribution in [0.25, 0.3) is 10.6 Å². The normalized spacial score (nSPS) is 18.3. The molecule has 0 amide bonds. The lowest BCUT2D eigenvalue weighted by molar-refractivity contribution is -0.107. The third-order valence-corrected chi connectivity index (χ3v) is 4.98. The quantitative estimate of drug-likeness (QED) is 0.690. The fourth-order valence-corrected chi connectivity index (χ4v) is 3.81. The number of allylic oxidation sites excluding steroid dienone is 1. The minimum Gasteiger partial charge on any atom is -0.280 e. The molecule has 1 nitrogen and oxygen atoms in total. The SMILES string of the molecule is O=C1SC2=C(Cl)c3cc(Br)ccc3C2=C1Cl. The Labute approximate surface area is 115 Å². The van der Waals surface area contributed by atoms with Gasteiger partial charge in [-0.25, -0.2) is 0 Å². The summed E-state index contributed by atoms with van der Waals surface area (Å²) in [6, 6.07) is 5.77. The predicted molar refractivity (Wildman–Crippen MR) is 72.3 cm³/mol. The van der Waals surface area contributed by atoms with Crippen molar-refractivity contribution in [1.82, 2.24) is 0 Å². The molecule has 16 heavy (non-hydrogen) atoms. The molecule has 0 bridgehead atoms. The van der Waals surface area contributed by atoms with E-state index >= 15 is 0 Å². The van der Waals surface area contributed by atoms with Crippen LogP contribution in [0.15, 0.2) is 32.6 Å². The average molecular weight is 334 g/mol. The summed E-state index contributed by atoms with van der Waals surface area (Å²) in [4.78, 5) is 12.3. The van der Waals surface area contributed by atoms with Crippen molar-refractivity contribution in [3.8, 4) is 0 Å². The van der Waals surface area contributed by atoms with Gasteiger partial charge < -0.3 is 0 Å². The number of hydrogen-bond donors (Lipinski definition) is 0. The highest BCUT2D eigenvalue weighted by atomic mass is 79.9. The molecule has 1 heterocycles. The average Bonchev–Trinajstić information content (AvgIpc) is 2.68. The van der Waals surface area contributed by atoms with Gasteiger partial charge in [0.1, 0.15) is 5.03 Å². The lowest BCUT2D eigenvalue weighted by Gasteiger charge is -2.01. The molecule has 0 spiro atoms. The Morgan fingerprint density at radius 2 is 1.88 bits per heavy atom. The van der Waals surface area contributed by atoms with E-state index in [0.29, 0.717) is 5.03 Å². The van der Waals surface area contributed by atoms with Crippen LogP contribution in [0.1, 0.15) is 11.1 Å². The molecule has 5 heteroatoms. The lowest BCUT2D eigenvalue weighted by atomic mass is 10.1. The van der Waals surface area contributed by atoms with Crippen LogP contribution in [0.5, 0.6) is 0 Å². The maximum absolute atomic E-state index is 11.5. The molecule has 1 aromatic carbocycles. The molecule has 0 saturated carbocycles. The number of rotatable bonds is 0. The first kappa shape index (κ1) is 10.9. The van der Waals surface area contributed by atoms with Crippen molar-refractivity contribution in [3.63, 3.8) is 0 Å². The molecule has 0 N–H and O–H groups in total. The molecular formula is C11H3BrCl2OS. The molecule has 0 atom stereocenters. The van der Waals surface area contributed by atoms with Crippen LogP contribution in [0.4, 0.5) is 0 Å². The summed E-state index contributed by atoms with van der Waals surface area (Å²) < 4.78 is 0.957. The van der Waals surface area contributed by atoms with Gasteiger partial charge in [0.05, 0.1) is 5.03 Å². The zero-order valence-corrected chi connectivity index (χ0v) is 11.6. The molecule has 0 fully saturated rings. The van der Waals surface area contributed by atoms with Gasteiger partial charge in [-0.3, -0.25) is 4.79 Å². The topological polar surface area (TPSA) is 17.1 Å². The van der Waals surface area contributed by atoms with Gasteiger partial charge in [0.25, 0.3) is 0 Å². The van der Waals surface area contributed by atoms with Gasteiger partial charge >= 0.3 is 0 Å². The van der Waals surface area contributed by atoms with E-state index in [1.807, 2.05) is 18.2 Å². The summed E-state index contributed by atoms with van der Waals surface area (Å²) in [6.07, 6.45) is 0. The first-order chi connectivity index (χ1) is 7.59. The van der Waals surface area contributed by atoms with Crippen molar-refractivity contribution < 1.29 is 4.79 Å². The highest BCUT2D eigenvalue weighted by molar-refractivity contribution is 9.10. The second-order valence-corrected chi connectivity index (χ2v) is 6.07. The molecule has 0 unspecified atom stereocenters. The molecule has 1 aliphatic heterocycles. The molecule has 0 saturated heterocycles. The van der Waals surface area contributed by atoms with Crippen molar-refractivity contribution in [2.45, 2.75) is 0 Å². The highest BCUT2D eigenvalue weighted by Crippen LogP contribution is 2.55. The minimum absolute atomic E-state index is 0.126. The number of thioether (sulfide) groups is 1. The van der Waals surface area contributed by atoms with E-state index in [2.05, 4.69) is 15.9 Å². The van der Waals surface area contributed by atoms with Crippen molar-refractivity contribution in [3.05, 3.63) is 43.7 Å². The third-order valence-electron chi connectivity index (χ3n) is 2.51. The molecule has 0 radical (unpaired) electrons. The zero-order valence-electron chi connectivity index (χ0n) is 7.68. The first-order valence-electron chi connectivity index (χ1n) is 4.42. The van der Waals surface area contributed by atoms with Crippen molar-refractivity contribution in [2.75, 3.05) is 0 Å². The Balaban J connectivity index is 2.36. The third kappa shape index (κ3) is 1.35. The van der Waals surface area contributed by atoms with Crippen molar-refractivity contribution >= 4 is 66.6 Å². The number of carbonyl (C=O) groups excluding carboxylic acids is 1. The largest absolute Gasteiger partial charge is 0.280 e. The van der Waals surface area contributed by atoms with Gasteiger partial charge in [-0.2, -0.15) is 0 Å². The van der Waals surface area contributed by atoms with Gasteiger partial charge in [-0.1, -0.05) is 45.2 Å². The van der Waals surface area contributed by atoms with Crippen LogP contribution in [0.3, 0.4) is 0 Å². The monoisotopic (exact) mass is 332 g/mol. The highest BCUT2D eigenvalue weighted by Gasteiger charge is 2.36. The van der Waals surface area contributed by atoms with E-state index in [-0.39, 0.29) is 10.1 Å². The molecule has 1 aliphatic carbocycles. The van der Waals surface area contributed by atoms with Crippen molar-refractivity contribution in [2.24, 2.45) is 0 Å². The Morgan fingerprint density at radius 1 is 1.12 bits per heavy atom. The molecule has 3 rings (SSSR count). The van der Waals surface area contributed by atoms with Crippen LogP contribution in [-0.4, -0.2) is 5.12 Å². The number of benzene rings is 1. The fourth-order valence-electron chi connectivity index (χ4n) is 1.82. The van der Waals surface area contributed by atoms with Gasteiger partial charge in [-0.05, 0) is 29.5 Å². The first-order valence-corrected chi connectivity index (χ1v) is 6.78. The summed E-state index contributed by atoms with van der Waals surface area (Å²) in [5.41, 5.74) is 2.65. The van der Waals surface area contributed by atoms with E-state index in [4.69, 9.17) is 23.2 Å². The summed E-state index contributed by atoms with van der Waals surface area (Å²) >= 11 is 16.7. The van der Waals surface area contributed by atoms with E-state index in [1.54, 1.807) is 0 Å². The van der Waals surface area contributed by atoms with Crippen LogP contribution in [0.2, 0.25) is 0 Å². The van der Waals surface area contributed by atoms with Gasteiger partial charge in [0.2, 0.25) is 5.12 Å². The van der Waals surface area contributed by atoms with Crippen LogP contribution >= 0.6 is 50.9 Å². The maximum Gasteiger partial charge on any atom is 0.236 e. The van der Waals surface area contributed by atoms with E-state index in [1.165, 1.54) is 0 Å². The fraction of sp³-hybridized carbons (Fsp3) is 0. The maximum atomic E-state index is 11.5. The number of hydrogen-bond acceptors (Lipinski definition) is 2. The summed E-state index contributed by atoms with van der Waals surface area (Å²) in [5.74, 6) is 0. The number of halogens is 3. The summed E-state index contributed by atoms with van der Waals surface area (Å²) in [6.45, 7) is 0. The van der Waals surface area contributed by atoms with Crippen molar-refractivity contribution in [1.29, 1.82) is 0 Å². The Bertz CT molecular complexity index is 604. The van der Waals surface area contributed by atoms with E-state index < -0.39 is 0 Å². The standard InChI is InChI=1S/C11H3BrCl2OS/c12-4-1-2-5-6(3-4)8(13)10-7(5)9(14)11(15)16-10/h1-3H. The Hall–Kier alpha value is -0.220. The molecular weight excluding hydrogens is 331 g/mol. The summed E-state index contributed by atoms with van der Waals surface area (Å²) in [5, 5.41) is 0.762. The second kappa shape index (κ2) is 3.64. The Morgan fingerprint density at radius 3 is 2.62 bits per heavy atom. The molecule has 2 aliphatic rings. The summed E-state index contributed by atoms with van der Waals surface area (Å²) in [7, 11) is 0. The van der Waals surface area contributed by atoms with E-state index in [0.717, 1.165) is 37.8 Å². The zero-order chi connectivity index (χ0) is 11.4. The van der Waals surface area contributed by atoms with Crippen LogP contribution < -0.4 is 0 Å². The Kier molecular flexibility index (Phi) is 2.48. The van der Waals surface area contributed by atoms with Gasteiger partial charge in [-0.15, -0.1) is 0 Å². The second-order valence-electron chi connectivity index (χ2n) is 3.41. The molecule has 0 aromatic heterocycles. The molecule has 80 valence electrons. The number of fused-ring (bicyclic) bond motifs is 3. The van der Waals surface area contributed by atoms with Gasteiger partial charge in [0.15, 0.2) is 0 Å². The predicted octanol–water partition coefficient (Wildman–Crippen LogP) is 4.59. The smallest absolute Gasteiger partial charge is 0.236 e.